The van der Waals surface area contributed by atoms with Crippen LogP contribution in [0.1, 0.15) is 19.8 Å². The largest absolute Gasteiger partial charge is 0.323 e. The average molecular weight is 217 g/mol. The van der Waals surface area contributed by atoms with E-state index in [1.807, 2.05) is 0 Å². The van der Waals surface area contributed by atoms with Gasteiger partial charge in [-0.05, 0) is 6.42 Å². The predicted molar refractivity (Wildman–Crippen MR) is 49.9 cm³/mol. The van der Waals surface area contributed by atoms with Gasteiger partial charge < -0.3 is 5.32 Å². The zero-order valence-electron chi connectivity index (χ0n) is 8.11. The molecule has 0 aliphatic rings. The smallest absolute Gasteiger partial charge is 0.224 e. The number of hydrogen-bond acceptors (Lipinski definition) is 1. The maximum Gasteiger partial charge on any atom is 0.224 e. The van der Waals surface area contributed by atoms with E-state index in [0.29, 0.717) is 12.5 Å². The van der Waals surface area contributed by atoms with E-state index in [9.17, 15) is 18.0 Å². The predicted octanol–water partition coefficient (Wildman–Crippen LogP) is 2.84. The number of amides is 1. The van der Waals surface area contributed by atoms with Crippen LogP contribution in [0.25, 0.3) is 0 Å². The van der Waals surface area contributed by atoms with Crippen molar-refractivity contribution in [3.63, 3.8) is 0 Å². The fourth-order valence-corrected chi connectivity index (χ4v) is 1.09. The highest BCUT2D eigenvalue weighted by atomic mass is 19.2. The van der Waals surface area contributed by atoms with E-state index in [4.69, 9.17) is 0 Å². The van der Waals surface area contributed by atoms with Crippen LogP contribution in [0, 0.1) is 17.5 Å². The van der Waals surface area contributed by atoms with Crippen molar-refractivity contribution in [3.8, 4) is 0 Å². The second-order valence-corrected chi connectivity index (χ2v) is 3.05. The third-order valence-corrected chi connectivity index (χ3v) is 1.74. The second-order valence-electron chi connectivity index (χ2n) is 3.05. The van der Waals surface area contributed by atoms with E-state index in [2.05, 4.69) is 5.32 Å². The van der Waals surface area contributed by atoms with Crippen molar-refractivity contribution in [2.75, 3.05) is 5.32 Å². The molecule has 0 heterocycles. The van der Waals surface area contributed by atoms with E-state index in [0.717, 1.165) is 6.07 Å². The molecule has 15 heavy (non-hydrogen) atoms. The fraction of sp³-hybridized carbons (Fsp3) is 0.300. The number of carbonyl (C=O) groups excluding carboxylic acids is 1. The van der Waals surface area contributed by atoms with Gasteiger partial charge in [0.1, 0.15) is 5.82 Å². The Kier molecular flexibility index (Phi) is 3.71. The molecule has 1 rings (SSSR count). The van der Waals surface area contributed by atoms with Crippen molar-refractivity contribution < 1.29 is 18.0 Å². The molecule has 1 amide bonds. The topological polar surface area (TPSA) is 29.1 Å². The fourth-order valence-electron chi connectivity index (χ4n) is 1.09. The molecule has 0 aliphatic carbocycles. The Morgan fingerprint density at radius 2 is 2.00 bits per heavy atom. The Morgan fingerprint density at radius 3 is 2.60 bits per heavy atom. The highest BCUT2D eigenvalue weighted by Crippen LogP contribution is 2.19. The summed E-state index contributed by atoms with van der Waals surface area (Å²) in [5, 5.41) is 2.10. The summed E-state index contributed by atoms with van der Waals surface area (Å²) in [5.74, 6) is -3.97. The summed E-state index contributed by atoms with van der Waals surface area (Å²) in [6, 6.07) is 1.16. The van der Waals surface area contributed by atoms with Crippen molar-refractivity contribution in [1.82, 2.24) is 0 Å². The number of nitrogens with one attached hydrogen (secondary N) is 1. The first-order valence-electron chi connectivity index (χ1n) is 4.49. The Balaban J connectivity index is 2.89. The normalized spacial score (nSPS) is 10.1. The number of rotatable bonds is 3. The Hall–Kier alpha value is -1.52. The van der Waals surface area contributed by atoms with Gasteiger partial charge in [0.15, 0.2) is 11.6 Å². The number of carbonyl (C=O) groups is 1. The summed E-state index contributed by atoms with van der Waals surface area (Å²) < 4.78 is 38.4. The van der Waals surface area contributed by atoms with Crippen molar-refractivity contribution in [1.29, 1.82) is 0 Å². The van der Waals surface area contributed by atoms with E-state index >= 15 is 0 Å². The molecule has 0 radical (unpaired) electrons. The van der Waals surface area contributed by atoms with Crippen LogP contribution in [0.2, 0.25) is 0 Å². The van der Waals surface area contributed by atoms with Gasteiger partial charge in [0, 0.05) is 18.6 Å². The first kappa shape index (κ1) is 11.6. The Labute approximate surface area is 85.1 Å². The lowest BCUT2D eigenvalue weighted by molar-refractivity contribution is -0.116. The molecule has 0 saturated heterocycles. The molecular formula is C10H10F3NO. The minimum atomic E-state index is -1.32. The lowest BCUT2D eigenvalue weighted by Crippen LogP contribution is -2.12. The molecule has 0 bridgehead atoms. The van der Waals surface area contributed by atoms with Crippen LogP contribution in [-0.2, 0) is 4.79 Å². The van der Waals surface area contributed by atoms with Crippen molar-refractivity contribution in [3.05, 3.63) is 29.6 Å². The standard InChI is InChI=1S/C10H10F3NO/c1-2-3-9(15)14-8-5-6(11)4-7(12)10(8)13/h4-5H,2-3H2,1H3,(H,14,15). The van der Waals surface area contributed by atoms with Crippen LogP contribution in [0.4, 0.5) is 18.9 Å². The number of halogens is 3. The first-order chi connectivity index (χ1) is 7.04. The van der Waals surface area contributed by atoms with Crippen LogP contribution in [0.3, 0.4) is 0 Å². The highest BCUT2D eigenvalue weighted by molar-refractivity contribution is 5.90. The molecule has 0 spiro atoms. The van der Waals surface area contributed by atoms with Gasteiger partial charge >= 0.3 is 0 Å². The van der Waals surface area contributed by atoms with E-state index in [1.165, 1.54) is 0 Å². The Bertz CT molecular complexity index is 379. The van der Waals surface area contributed by atoms with E-state index in [1.54, 1.807) is 6.92 Å². The minimum Gasteiger partial charge on any atom is -0.323 e. The molecule has 82 valence electrons. The van der Waals surface area contributed by atoms with Gasteiger partial charge in [0.05, 0.1) is 5.69 Å². The SMILES string of the molecule is CCCC(=O)Nc1cc(F)cc(F)c1F. The van der Waals surface area contributed by atoms with Crippen LogP contribution >= 0.6 is 0 Å². The van der Waals surface area contributed by atoms with Crippen LogP contribution in [0.15, 0.2) is 12.1 Å². The molecule has 1 aromatic rings. The minimum absolute atomic E-state index is 0.178. The van der Waals surface area contributed by atoms with Gasteiger partial charge in [0.2, 0.25) is 5.91 Å². The zero-order valence-corrected chi connectivity index (χ0v) is 8.11. The van der Waals surface area contributed by atoms with Gasteiger partial charge in [-0.3, -0.25) is 4.79 Å². The van der Waals surface area contributed by atoms with Gasteiger partial charge in [-0.1, -0.05) is 6.92 Å². The van der Waals surface area contributed by atoms with Crippen LogP contribution < -0.4 is 5.32 Å². The lowest BCUT2D eigenvalue weighted by Gasteiger charge is -2.06. The van der Waals surface area contributed by atoms with E-state index < -0.39 is 29.0 Å². The summed E-state index contributed by atoms with van der Waals surface area (Å²) in [6.45, 7) is 1.77. The van der Waals surface area contributed by atoms with Crippen LogP contribution in [-0.4, -0.2) is 5.91 Å². The Morgan fingerprint density at radius 1 is 1.33 bits per heavy atom. The van der Waals surface area contributed by atoms with Gasteiger partial charge in [-0.15, -0.1) is 0 Å². The zero-order chi connectivity index (χ0) is 11.4. The maximum absolute atomic E-state index is 13.0. The van der Waals surface area contributed by atoms with Crippen molar-refractivity contribution in [2.45, 2.75) is 19.8 Å². The maximum atomic E-state index is 13.0. The second kappa shape index (κ2) is 4.82. The molecule has 2 nitrogen and oxygen atoms in total. The molecular weight excluding hydrogens is 207 g/mol. The highest BCUT2D eigenvalue weighted by Gasteiger charge is 2.12. The number of anilines is 1. The molecule has 0 unspecified atom stereocenters. The van der Waals surface area contributed by atoms with Crippen molar-refractivity contribution >= 4 is 11.6 Å². The summed E-state index contributed by atoms with van der Waals surface area (Å²) in [6.07, 6.45) is 0.753. The summed E-state index contributed by atoms with van der Waals surface area (Å²) in [5.41, 5.74) is -0.467. The number of hydrogen-bond donors (Lipinski definition) is 1. The third-order valence-electron chi connectivity index (χ3n) is 1.74. The first-order valence-corrected chi connectivity index (χ1v) is 4.49. The quantitative estimate of drug-likeness (QED) is 0.775. The summed E-state index contributed by atoms with van der Waals surface area (Å²) in [4.78, 5) is 11.1. The van der Waals surface area contributed by atoms with Crippen molar-refractivity contribution in [2.24, 2.45) is 0 Å². The lowest BCUT2D eigenvalue weighted by atomic mass is 10.2. The summed E-state index contributed by atoms with van der Waals surface area (Å²) in [7, 11) is 0. The summed E-state index contributed by atoms with van der Waals surface area (Å²) >= 11 is 0. The molecule has 5 heteroatoms. The molecule has 0 fully saturated rings. The molecule has 1 N–H and O–H groups in total. The monoisotopic (exact) mass is 217 g/mol. The molecule has 0 atom stereocenters. The third kappa shape index (κ3) is 2.97. The van der Waals surface area contributed by atoms with Crippen LogP contribution in [0.5, 0.6) is 0 Å². The molecule has 0 aromatic heterocycles. The molecule has 1 aromatic carbocycles. The van der Waals surface area contributed by atoms with Gasteiger partial charge in [-0.25, -0.2) is 13.2 Å². The van der Waals surface area contributed by atoms with E-state index in [-0.39, 0.29) is 6.42 Å². The van der Waals surface area contributed by atoms with Gasteiger partial charge in [0.25, 0.3) is 0 Å². The number of benzene rings is 1. The molecule has 0 aliphatic heterocycles. The molecule has 0 saturated carbocycles. The average Bonchev–Trinajstić information content (AvgIpc) is 2.13. The van der Waals surface area contributed by atoms with Gasteiger partial charge in [-0.2, -0.15) is 0 Å².